The molecule has 0 aliphatic carbocycles. The Hall–Kier alpha value is -1.21. The van der Waals surface area contributed by atoms with Gasteiger partial charge in [0.15, 0.2) is 0 Å². The minimum atomic E-state index is -1.20. The van der Waals surface area contributed by atoms with Gasteiger partial charge >= 0.3 is 0 Å². The molecular formula is C8H9ClN3O3S-. The number of carbonyl (C=O) groups is 2. The second-order valence-corrected chi connectivity index (χ2v) is 4.18. The molecule has 0 aliphatic heterocycles. The molecule has 0 radical (unpaired) electrons. The van der Waals surface area contributed by atoms with Crippen LogP contribution in [-0.2, 0) is 9.59 Å². The standard InChI is InChI=1S/C8H10ClN3O3S/c1-2-4(7(14)15)6-11-12-8(16-6)10-5(13)3-9/h4H,2-3H2,1H3,(H,14,15)(H,10,12,13)/p-1. The normalized spacial score (nSPS) is 12.1. The van der Waals surface area contributed by atoms with Crippen LogP contribution in [0.25, 0.3) is 0 Å². The highest BCUT2D eigenvalue weighted by Gasteiger charge is 2.16. The van der Waals surface area contributed by atoms with Gasteiger partial charge in [-0.2, -0.15) is 0 Å². The first-order chi connectivity index (χ1) is 7.58. The molecule has 1 N–H and O–H groups in total. The molecule has 8 heteroatoms. The number of halogens is 1. The van der Waals surface area contributed by atoms with Crippen LogP contribution in [0.15, 0.2) is 0 Å². The lowest BCUT2D eigenvalue weighted by Gasteiger charge is -2.10. The molecule has 1 unspecified atom stereocenters. The maximum atomic E-state index is 10.9. The van der Waals surface area contributed by atoms with Crippen LogP contribution in [0.3, 0.4) is 0 Å². The highest BCUT2D eigenvalue weighted by atomic mass is 35.5. The molecule has 0 bridgehead atoms. The van der Waals surface area contributed by atoms with E-state index in [1.165, 1.54) is 0 Å². The summed E-state index contributed by atoms with van der Waals surface area (Å²) in [5, 5.41) is 21.0. The average Bonchev–Trinajstić information content (AvgIpc) is 2.66. The van der Waals surface area contributed by atoms with E-state index in [0.29, 0.717) is 11.4 Å². The van der Waals surface area contributed by atoms with Crippen molar-refractivity contribution in [3.63, 3.8) is 0 Å². The van der Waals surface area contributed by atoms with E-state index < -0.39 is 17.8 Å². The number of rotatable bonds is 5. The van der Waals surface area contributed by atoms with Crippen molar-refractivity contribution in [3.8, 4) is 0 Å². The zero-order valence-corrected chi connectivity index (χ0v) is 9.97. The van der Waals surface area contributed by atoms with E-state index in [-0.39, 0.29) is 11.0 Å². The third kappa shape index (κ3) is 3.14. The molecule has 0 spiro atoms. The number of nitrogens with zero attached hydrogens (tertiary/aromatic N) is 2. The maximum absolute atomic E-state index is 10.9. The summed E-state index contributed by atoms with van der Waals surface area (Å²) in [6.45, 7) is 1.71. The van der Waals surface area contributed by atoms with Gasteiger partial charge in [0.25, 0.3) is 0 Å². The molecule has 0 aromatic carbocycles. The molecule has 0 aliphatic rings. The number of aromatic nitrogens is 2. The third-order valence-corrected chi connectivity index (χ3v) is 2.99. The van der Waals surface area contributed by atoms with Crippen molar-refractivity contribution in [1.82, 2.24) is 10.2 Å². The average molecular weight is 263 g/mol. The van der Waals surface area contributed by atoms with Crippen LogP contribution < -0.4 is 10.4 Å². The fourth-order valence-electron chi connectivity index (χ4n) is 1.02. The van der Waals surface area contributed by atoms with Gasteiger partial charge in [0.05, 0.1) is 11.9 Å². The van der Waals surface area contributed by atoms with Crippen molar-refractivity contribution >= 4 is 39.9 Å². The number of hydrogen-bond acceptors (Lipinski definition) is 6. The molecular weight excluding hydrogens is 254 g/mol. The Labute approximate surface area is 101 Å². The molecule has 6 nitrogen and oxygen atoms in total. The van der Waals surface area contributed by atoms with Crippen molar-refractivity contribution in [3.05, 3.63) is 5.01 Å². The van der Waals surface area contributed by atoms with Crippen LogP contribution in [0.1, 0.15) is 24.3 Å². The second-order valence-electron chi connectivity index (χ2n) is 2.91. The van der Waals surface area contributed by atoms with Crippen molar-refractivity contribution in [2.75, 3.05) is 11.2 Å². The first-order valence-electron chi connectivity index (χ1n) is 4.48. The highest BCUT2D eigenvalue weighted by Crippen LogP contribution is 2.25. The van der Waals surface area contributed by atoms with Gasteiger partial charge in [-0.3, -0.25) is 10.1 Å². The van der Waals surface area contributed by atoms with E-state index in [4.69, 9.17) is 11.6 Å². The smallest absolute Gasteiger partial charge is 0.241 e. The lowest BCUT2D eigenvalue weighted by molar-refractivity contribution is -0.308. The lowest BCUT2D eigenvalue weighted by Crippen LogP contribution is -2.29. The van der Waals surface area contributed by atoms with Crippen LogP contribution >= 0.6 is 22.9 Å². The summed E-state index contributed by atoms with van der Waals surface area (Å²) in [6.07, 6.45) is 0.362. The summed E-state index contributed by atoms with van der Waals surface area (Å²) in [4.78, 5) is 21.7. The first-order valence-corrected chi connectivity index (χ1v) is 5.83. The minimum Gasteiger partial charge on any atom is -0.549 e. The number of alkyl halides is 1. The summed E-state index contributed by atoms with van der Waals surface area (Å²) < 4.78 is 0. The fourth-order valence-corrected chi connectivity index (χ4v) is 2.02. The predicted octanol–water partition coefficient (Wildman–Crippen LogP) is -0.0411. The molecule has 16 heavy (non-hydrogen) atoms. The van der Waals surface area contributed by atoms with Gasteiger partial charge in [-0.25, -0.2) is 0 Å². The first kappa shape index (κ1) is 12.9. The quantitative estimate of drug-likeness (QED) is 0.751. The number of carboxylic acid groups (broad SMARTS) is 1. The number of aliphatic carboxylic acids is 1. The van der Waals surface area contributed by atoms with Gasteiger partial charge in [0, 0.05) is 0 Å². The zero-order valence-electron chi connectivity index (χ0n) is 8.40. The van der Waals surface area contributed by atoms with Crippen molar-refractivity contribution in [2.45, 2.75) is 19.3 Å². The van der Waals surface area contributed by atoms with Crippen LogP contribution in [0.2, 0.25) is 0 Å². The summed E-state index contributed by atoms with van der Waals surface area (Å²) in [5.74, 6) is -2.59. The van der Waals surface area contributed by atoms with E-state index in [9.17, 15) is 14.7 Å². The molecule has 0 saturated carbocycles. The zero-order chi connectivity index (χ0) is 12.1. The van der Waals surface area contributed by atoms with Gasteiger partial charge in [-0.1, -0.05) is 18.3 Å². The Morgan fingerprint density at radius 2 is 2.25 bits per heavy atom. The number of anilines is 1. The fraction of sp³-hybridized carbons (Fsp3) is 0.500. The van der Waals surface area contributed by atoms with E-state index in [1.54, 1.807) is 6.92 Å². The number of carbonyl (C=O) groups excluding carboxylic acids is 2. The molecule has 88 valence electrons. The Morgan fingerprint density at radius 3 is 2.75 bits per heavy atom. The lowest BCUT2D eigenvalue weighted by atomic mass is 10.1. The molecule has 0 saturated heterocycles. The van der Waals surface area contributed by atoms with Gasteiger partial charge in [-0.05, 0) is 6.42 Å². The Kier molecular flexibility index (Phi) is 4.63. The SMILES string of the molecule is CCC(C(=O)[O-])c1nnc(NC(=O)CCl)s1. The number of carboxylic acids is 1. The van der Waals surface area contributed by atoms with Gasteiger partial charge in [-0.15, -0.1) is 21.8 Å². The largest absolute Gasteiger partial charge is 0.549 e. The van der Waals surface area contributed by atoms with Gasteiger partial charge < -0.3 is 9.90 Å². The molecule has 1 rings (SSSR count). The number of hydrogen-bond donors (Lipinski definition) is 1. The van der Waals surface area contributed by atoms with E-state index in [1.807, 2.05) is 0 Å². The molecule has 0 fully saturated rings. The number of amides is 1. The molecule has 1 aromatic heterocycles. The van der Waals surface area contributed by atoms with Gasteiger partial charge in [0.2, 0.25) is 11.0 Å². The van der Waals surface area contributed by atoms with Crippen LogP contribution in [0.4, 0.5) is 5.13 Å². The molecule has 1 atom stereocenters. The van der Waals surface area contributed by atoms with Gasteiger partial charge in [0.1, 0.15) is 10.9 Å². The Bertz CT molecular complexity index is 396. The molecule has 1 amide bonds. The second kappa shape index (κ2) is 5.76. The summed E-state index contributed by atoms with van der Waals surface area (Å²) in [5.41, 5.74) is 0. The molecule has 1 aromatic rings. The van der Waals surface area contributed by atoms with Crippen LogP contribution in [-0.4, -0.2) is 28.0 Å². The number of nitrogens with one attached hydrogen (secondary N) is 1. The summed E-state index contributed by atoms with van der Waals surface area (Å²) in [6, 6.07) is 0. The highest BCUT2D eigenvalue weighted by molar-refractivity contribution is 7.15. The third-order valence-electron chi connectivity index (χ3n) is 1.80. The van der Waals surface area contributed by atoms with E-state index in [2.05, 4.69) is 15.5 Å². The summed E-state index contributed by atoms with van der Waals surface area (Å²) >= 11 is 6.29. The Balaban J connectivity index is 2.77. The predicted molar refractivity (Wildman–Crippen MR) is 57.3 cm³/mol. The topological polar surface area (TPSA) is 95.0 Å². The minimum absolute atomic E-state index is 0.188. The van der Waals surface area contributed by atoms with E-state index >= 15 is 0 Å². The monoisotopic (exact) mass is 262 g/mol. The summed E-state index contributed by atoms with van der Waals surface area (Å²) in [7, 11) is 0. The maximum Gasteiger partial charge on any atom is 0.241 e. The van der Waals surface area contributed by atoms with Crippen LogP contribution in [0, 0.1) is 0 Å². The van der Waals surface area contributed by atoms with Crippen molar-refractivity contribution in [1.29, 1.82) is 0 Å². The van der Waals surface area contributed by atoms with Crippen LogP contribution in [0.5, 0.6) is 0 Å². The Morgan fingerprint density at radius 1 is 1.56 bits per heavy atom. The van der Waals surface area contributed by atoms with E-state index in [0.717, 1.165) is 11.3 Å². The molecule has 1 heterocycles. The van der Waals surface area contributed by atoms with Crippen molar-refractivity contribution in [2.24, 2.45) is 0 Å². The van der Waals surface area contributed by atoms with Crippen molar-refractivity contribution < 1.29 is 14.7 Å².